The summed E-state index contributed by atoms with van der Waals surface area (Å²) < 4.78 is 17.6. The Bertz CT molecular complexity index is 1190. The molecule has 1 heterocycles. The number of ether oxygens (including phenoxy) is 3. The average Bonchev–Trinajstić information content (AvgIpc) is 3.26. The molecule has 1 unspecified atom stereocenters. The van der Waals surface area contributed by atoms with Crippen LogP contribution in [0.3, 0.4) is 0 Å². The van der Waals surface area contributed by atoms with Crippen molar-refractivity contribution in [1.29, 1.82) is 0 Å². The first-order chi connectivity index (χ1) is 20.4. The van der Waals surface area contributed by atoms with E-state index in [1.54, 1.807) is 29.2 Å². The third-order valence-corrected chi connectivity index (χ3v) is 7.50. The lowest BCUT2D eigenvalue weighted by atomic mass is 9.95. The van der Waals surface area contributed by atoms with Crippen molar-refractivity contribution in [3.8, 4) is 17.2 Å². The van der Waals surface area contributed by atoms with Gasteiger partial charge in [0.05, 0.1) is 31.4 Å². The SMILES string of the molecule is CCCCCOc1ccc(C2/C(=C(\O)c3ccc(OCCC)cc3)C(=O)C(=O)N2CCCN(CC)CC)cc1OCC. The molecule has 1 aliphatic heterocycles. The minimum absolute atomic E-state index is 0.0733. The molecule has 0 spiro atoms. The Labute approximate surface area is 251 Å². The van der Waals surface area contributed by atoms with Crippen LogP contribution in [0.5, 0.6) is 17.2 Å². The summed E-state index contributed by atoms with van der Waals surface area (Å²) in [5.41, 5.74) is 1.21. The van der Waals surface area contributed by atoms with E-state index < -0.39 is 17.7 Å². The molecule has 0 saturated carbocycles. The normalized spacial score (nSPS) is 16.3. The van der Waals surface area contributed by atoms with E-state index in [9.17, 15) is 14.7 Å². The van der Waals surface area contributed by atoms with Crippen molar-refractivity contribution in [3.63, 3.8) is 0 Å². The fraction of sp³-hybridized carbons (Fsp3) is 0.529. The first kappa shape index (κ1) is 33.0. The number of nitrogens with zero attached hydrogens (tertiary/aromatic N) is 2. The van der Waals surface area contributed by atoms with Gasteiger partial charge in [-0.15, -0.1) is 0 Å². The van der Waals surface area contributed by atoms with E-state index in [1.165, 1.54) is 0 Å². The number of carbonyl (C=O) groups is 2. The fourth-order valence-electron chi connectivity index (χ4n) is 5.16. The largest absolute Gasteiger partial charge is 0.507 e. The number of hydrogen-bond donors (Lipinski definition) is 1. The lowest BCUT2D eigenvalue weighted by Gasteiger charge is -2.27. The maximum atomic E-state index is 13.5. The van der Waals surface area contributed by atoms with E-state index in [0.29, 0.717) is 61.2 Å². The molecule has 8 nitrogen and oxygen atoms in total. The van der Waals surface area contributed by atoms with Crippen molar-refractivity contribution < 1.29 is 28.9 Å². The highest BCUT2D eigenvalue weighted by molar-refractivity contribution is 6.46. The van der Waals surface area contributed by atoms with Gasteiger partial charge in [-0.2, -0.15) is 0 Å². The van der Waals surface area contributed by atoms with Crippen LogP contribution in [0.4, 0.5) is 0 Å². The molecule has 0 radical (unpaired) electrons. The average molecular weight is 581 g/mol. The Morgan fingerprint density at radius 3 is 2.21 bits per heavy atom. The number of ketones is 1. The van der Waals surface area contributed by atoms with E-state index >= 15 is 0 Å². The van der Waals surface area contributed by atoms with Crippen molar-refractivity contribution in [2.75, 3.05) is 46.0 Å². The smallest absolute Gasteiger partial charge is 0.295 e. The molecular weight excluding hydrogens is 532 g/mol. The van der Waals surface area contributed by atoms with E-state index in [2.05, 4.69) is 25.7 Å². The van der Waals surface area contributed by atoms with Gasteiger partial charge in [-0.1, -0.05) is 46.6 Å². The van der Waals surface area contributed by atoms with Gasteiger partial charge in [-0.05, 0) is 87.8 Å². The fourth-order valence-corrected chi connectivity index (χ4v) is 5.16. The zero-order chi connectivity index (χ0) is 30.5. The zero-order valence-electron chi connectivity index (χ0n) is 26.0. The standard InChI is InChI=1S/C34H48N2O6/c1-6-11-12-23-42-28-19-16-26(24-29(28)40-10-5)31-30(32(37)25-14-17-27(18-15-25)41-22-7-2)33(38)34(39)36(31)21-13-20-35(8-3)9-4/h14-19,24,31,37H,6-13,20-23H2,1-5H3/b32-30+. The number of amides is 1. The van der Waals surface area contributed by atoms with Crippen LogP contribution in [0.15, 0.2) is 48.0 Å². The van der Waals surface area contributed by atoms with Crippen molar-refractivity contribution in [1.82, 2.24) is 9.80 Å². The number of carbonyl (C=O) groups excluding carboxylic acids is 2. The minimum atomic E-state index is -0.758. The van der Waals surface area contributed by atoms with Gasteiger partial charge in [0.2, 0.25) is 0 Å². The summed E-state index contributed by atoms with van der Waals surface area (Å²) in [7, 11) is 0. The minimum Gasteiger partial charge on any atom is -0.507 e. The van der Waals surface area contributed by atoms with Crippen LogP contribution in [0.1, 0.15) is 83.9 Å². The van der Waals surface area contributed by atoms with Crippen molar-refractivity contribution in [2.24, 2.45) is 0 Å². The maximum absolute atomic E-state index is 13.5. The molecule has 1 fully saturated rings. The number of aliphatic hydroxyl groups excluding tert-OH is 1. The molecule has 1 saturated heterocycles. The first-order valence-corrected chi connectivity index (χ1v) is 15.5. The molecule has 1 aliphatic rings. The summed E-state index contributed by atoms with van der Waals surface area (Å²) in [6, 6.07) is 11.7. The molecule has 0 bridgehead atoms. The Kier molecular flexibility index (Phi) is 13.2. The van der Waals surface area contributed by atoms with Crippen molar-refractivity contribution in [3.05, 3.63) is 59.2 Å². The first-order valence-electron chi connectivity index (χ1n) is 15.5. The summed E-state index contributed by atoms with van der Waals surface area (Å²) in [4.78, 5) is 30.8. The number of likely N-dealkylation sites (tertiary alicyclic amines) is 1. The lowest BCUT2D eigenvalue weighted by Crippen LogP contribution is -2.33. The molecule has 8 heteroatoms. The quantitative estimate of drug-likeness (QED) is 0.0920. The van der Waals surface area contributed by atoms with Crippen molar-refractivity contribution >= 4 is 17.4 Å². The Hall–Kier alpha value is -3.52. The predicted octanol–water partition coefficient (Wildman–Crippen LogP) is 6.60. The van der Waals surface area contributed by atoms with Gasteiger partial charge in [0.15, 0.2) is 11.5 Å². The van der Waals surface area contributed by atoms with Crippen LogP contribution in [0, 0.1) is 0 Å². The molecule has 2 aromatic carbocycles. The molecule has 0 aromatic heterocycles. The van der Waals surface area contributed by atoms with Gasteiger partial charge < -0.3 is 29.1 Å². The summed E-state index contributed by atoms with van der Waals surface area (Å²) >= 11 is 0. The summed E-state index contributed by atoms with van der Waals surface area (Å²) in [6.07, 6.45) is 4.70. The van der Waals surface area contributed by atoms with Gasteiger partial charge in [-0.3, -0.25) is 9.59 Å². The number of unbranched alkanes of at least 4 members (excludes halogenated alkanes) is 2. The maximum Gasteiger partial charge on any atom is 0.295 e. The highest BCUT2D eigenvalue weighted by Gasteiger charge is 2.46. The Morgan fingerprint density at radius 2 is 1.57 bits per heavy atom. The topological polar surface area (TPSA) is 88.5 Å². The van der Waals surface area contributed by atoms with E-state index in [1.807, 2.05) is 32.0 Å². The van der Waals surface area contributed by atoms with Gasteiger partial charge in [0, 0.05) is 12.1 Å². The van der Waals surface area contributed by atoms with Crippen LogP contribution in [0.25, 0.3) is 5.76 Å². The van der Waals surface area contributed by atoms with Gasteiger partial charge >= 0.3 is 0 Å². The van der Waals surface area contributed by atoms with Crippen molar-refractivity contribution in [2.45, 2.75) is 72.8 Å². The summed E-state index contributed by atoms with van der Waals surface area (Å²) in [5, 5.41) is 11.5. The van der Waals surface area contributed by atoms with E-state index in [-0.39, 0.29) is 11.3 Å². The third-order valence-electron chi connectivity index (χ3n) is 7.50. The number of rotatable bonds is 18. The molecular formula is C34H48N2O6. The van der Waals surface area contributed by atoms with Gasteiger partial charge in [0.1, 0.15) is 11.5 Å². The second-order valence-corrected chi connectivity index (χ2v) is 10.4. The molecule has 1 N–H and O–H groups in total. The Balaban J connectivity index is 2.03. The van der Waals surface area contributed by atoms with Gasteiger partial charge in [-0.25, -0.2) is 0 Å². The lowest BCUT2D eigenvalue weighted by molar-refractivity contribution is -0.140. The highest BCUT2D eigenvalue weighted by Crippen LogP contribution is 2.42. The molecule has 2 aromatic rings. The molecule has 3 rings (SSSR count). The van der Waals surface area contributed by atoms with E-state index in [4.69, 9.17) is 14.2 Å². The number of hydrogen-bond acceptors (Lipinski definition) is 7. The van der Waals surface area contributed by atoms with Crippen LogP contribution in [-0.2, 0) is 9.59 Å². The Morgan fingerprint density at radius 1 is 0.833 bits per heavy atom. The van der Waals surface area contributed by atoms with Crippen LogP contribution >= 0.6 is 0 Å². The number of aliphatic hydroxyl groups is 1. The van der Waals surface area contributed by atoms with Crippen LogP contribution in [-0.4, -0.2) is 72.6 Å². The molecule has 0 aliphatic carbocycles. The summed E-state index contributed by atoms with van der Waals surface area (Å²) in [6.45, 7) is 14.9. The monoisotopic (exact) mass is 580 g/mol. The van der Waals surface area contributed by atoms with Gasteiger partial charge in [0.25, 0.3) is 11.7 Å². The molecule has 1 atom stereocenters. The second kappa shape index (κ2) is 16.8. The van der Waals surface area contributed by atoms with Crippen LogP contribution in [0.2, 0.25) is 0 Å². The van der Waals surface area contributed by atoms with E-state index in [0.717, 1.165) is 45.3 Å². The third kappa shape index (κ3) is 8.28. The zero-order valence-corrected chi connectivity index (χ0v) is 26.0. The second-order valence-electron chi connectivity index (χ2n) is 10.4. The number of benzene rings is 2. The number of Topliss-reactive ketones (excluding diaryl/α,β-unsaturated/α-hetero) is 1. The molecule has 42 heavy (non-hydrogen) atoms. The predicted molar refractivity (Wildman–Crippen MR) is 166 cm³/mol. The summed E-state index contributed by atoms with van der Waals surface area (Å²) in [5.74, 6) is 0.351. The highest BCUT2D eigenvalue weighted by atomic mass is 16.5. The van der Waals surface area contributed by atoms with Crippen LogP contribution < -0.4 is 14.2 Å². The molecule has 230 valence electrons. The molecule has 1 amide bonds.